The van der Waals surface area contributed by atoms with Gasteiger partial charge in [-0.1, -0.05) is 25.5 Å². The number of thiophene rings is 1. The molecule has 2 heterocycles. The van der Waals surface area contributed by atoms with Gasteiger partial charge in [0.1, 0.15) is 22.3 Å². The Morgan fingerprint density at radius 2 is 1.80 bits per heavy atom. The zero-order valence-electron chi connectivity index (χ0n) is 15.3. The summed E-state index contributed by atoms with van der Waals surface area (Å²) in [5, 5.41) is 1.10. The standard InChI is InChI=1S/C20H24FN3S/c1-5-7-12-24(6-2)19-18-17(15-8-10-16(21)11-9-15)13(3)25-20(18)23-14(4)22-19/h8-11H,5-7,12H2,1-4H3. The first-order valence-electron chi connectivity index (χ1n) is 8.83. The first kappa shape index (κ1) is 17.8. The van der Waals surface area contributed by atoms with Gasteiger partial charge in [-0.25, -0.2) is 14.4 Å². The fourth-order valence-electron chi connectivity index (χ4n) is 3.15. The second-order valence-corrected chi connectivity index (χ2v) is 7.45. The van der Waals surface area contributed by atoms with E-state index in [1.165, 1.54) is 17.0 Å². The van der Waals surface area contributed by atoms with Gasteiger partial charge in [0.2, 0.25) is 0 Å². The molecular formula is C20H24FN3S. The summed E-state index contributed by atoms with van der Waals surface area (Å²) in [5.41, 5.74) is 2.15. The molecule has 0 amide bonds. The molecule has 0 bridgehead atoms. The molecule has 0 atom stereocenters. The minimum atomic E-state index is -0.216. The Hall–Kier alpha value is -2.01. The van der Waals surface area contributed by atoms with Crippen LogP contribution in [0.4, 0.5) is 10.2 Å². The molecular weight excluding hydrogens is 333 g/mol. The number of aromatic nitrogens is 2. The summed E-state index contributed by atoms with van der Waals surface area (Å²) in [6.07, 6.45) is 2.28. The van der Waals surface area contributed by atoms with Crippen molar-refractivity contribution < 1.29 is 4.39 Å². The predicted molar refractivity (Wildman–Crippen MR) is 105 cm³/mol. The van der Waals surface area contributed by atoms with Crippen LogP contribution in [0.1, 0.15) is 37.4 Å². The van der Waals surface area contributed by atoms with Gasteiger partial charge in [-0.3, -0.25) is 0 Å². The molecule has 0 saturated heterocycles. The van der Waals surface area contributed by atoms with Crippen molar-refractivity contribution >= 4 is 27.4 Å². The Labute approximate surface area is 152 Å². The van der Waals surface area contributed by atoms with Gasteiger partial charge in [-0.15, -0.1) is 11.3 Å². The van der Waals surface area contributed by atoms with E-state index in [4.69, 9.17) is 4.98 Å². The highest BCUT2D eigenvalue weighted by atomic mass is 32.1. The molecule has 0 aliphatic rings. The summed E-state index contributed by atoms with van der Waals surface area (Å²) in [7, 11) is 0. The second-order valence-electron chi connectivity index (χ2n) is 6.25. The van der Waals surface area contributed by atoms with Crippen LogP contribution in [0.3, 0.4) is 0 Å². The lowest BCUT2D eigenvalue weighted by Crippen LogP contribution is -2.25. The minimum absolute atomic E-state index is 0.216. The molecule has 0 spiro atoms. The maximum atomic E-state index is 13.4. The average molecular weight is 357 g/mol. The molecule has 3 aromatic rings. The van der Waals surface area contributed by atoms with E-state index < -0.39 is 0 Å². The number of rotatable bonds is 6. The van der Waals surface area contributed by atoms with E-state index in [-0.39, 0.29) is 5.82 Å². The molecule has 3 nitrogen and oxygen atoms in total. The van der Waals surface area contributed by atoms with E-state index in [1.807, 2.05) is 19.1 Å². The number of fused-ring (bicyclic) bond motifs is 1. The highest BCUT2D eigenvalue weighted by molar-refractivity contribution is 7.19. The lowest BCUT2D eigenvalue weighted by atomic mass is 10.0. The summed E-state index contributed by atoms with van der Waals surface area (Å²) in [5.74, 6) is 1.58. The van der Waals surface area contributed by atoms with E-state index >= 15 is 0 Å². The number of nitrogens with zero attached hydrogens (tertiary/aromatic N) is 3. The lowest BCUT2D eigenvalue weighted by molar-refractivity contribution is 0.628. The Morgan fingerprint density at radius 1 is 1.08 bits per heavy atom. The maximum absolute atomic E-state index is 13.4. The Kier molecular flexibility index (Phi) is 5.33. The van der Waals surface area contributed by atoms with Crippen molar-refractivity contribution in [1.29, 1.82) is 0 Å². The van der Waals surface area contributed by atoms with Crippen LogP contribution >= 0.6 is 11.3 Å². The molecule has 0 unspecified atom stereocenters. The number of unbranched alkanes of at least 4 members (excludes halogenated alkanes) is 1. The van der Waals surface area contributed by atoms with Gasteiger partial charge >= 0.3 is 0 Å². The summed E-state index contributed by atoms with van der Waals surface area (Å²) in [6.45, 7) is 10.3. The van der Waals surface area contributed by atoms with Crippen molar-refractivity contribution in [2.75, 3.05) is 18.0 Å². The number of benzene rings is 1. The molecule has 0 aliphatic heterocycles. The fourth-order valence-corrected chi connectivity index (χ4v) is 4.24. The third-order valence-electron chi connectivity index (χ3n) is 4.42. The van der Waals surface area contributed by atoms with Crippen LogP contribution in [-0.2, 0) is 0 Å². The molecule has 3 rings (SSSR count). The molecule has 0 saturated carbocycles. The van der Waals surface area contributed by atoms with Crippen molar-refractivity contribution in [2.24, 2.45) is 0 Å². The predicted octanol–water partition coefficient (Wildman–Crippen LogP) is 5.74. The van der Waals surface area contributed by atoms with E-state index in [2.05, 4.69) is 30.7 Å². The van der Waals surface area contributed by atoms with Crippen molar-refractivity contribution in [3.8, 4) is 11.1 Å². The van der Waals surface area contributed by atoms with Crippen LogP contribution in [0, 0.1) is 19.7 Å². The smallest absolute Gasteiger partial charge is 0.141 e. The monoisotopic (exact) mass is 357 g/mol. The highest BCUT2D eigenvalue weighted by Gasteiger charge is 2.20. The molecule has 5 heteroatoms. The topological polar surface area (TPSA) is 29.0 Å². The van der Waals surface area contributed by atoms with Crippen LogP contribution in [0.15, 0.2) is 24.3 Å². The van der Waals surface area contributed by atoms with Crippen molar-refractivity contribution in [3.63, 3.8) is 0 Å². The second kappa shape index (κ2) is 7.48. The fraction of sp³-hybridized carbons (Fsp3) is 0.400. The van der Waals surface area contributed by atoms with E-state index in [0.717, 1.165) is 58.9 Å². The van der Waals surface area contributed by atoms with Crippen LogP contribution in [0.2, 0.25) is 0 Å². The molecule has 0 radical (unpaired) electrons. The van der Waals surface area contributed by atoms with Crippen LogP contribution < -0.4 is 4.90 Å². The number of hydrogen-bond acceptors (Lipinski definition) is 4. The molecule has 1 aromatic carbocycles. The maximum Gasteiger partial charge on any atom is 0.141 e. The average Bonchev–Trinajstić information content (AvgIpc) is 2.91. The molecule has 25 heavy (non-hydrogen) atoms. The van der Waals surface area contributed by atoms with E-state index in [1.54, 1.807) is 11.3 Å². The largest absolute Gasteiger partial charge is 0.356 e. The van der Waals surface area contributed by atoms with Gasteiger partial charge in [0.05, 0.1) is 5.39 Å². The van der Waals surface area contributed by atoms with E-state index in [9.17, 15) is 4.39 Å². The number of hydrogen-bond donors (Lipinski definition) is 0. The van der Waals surface area contributed by atoms with E-state index in [0.29, 0.717) is 0 Å². The van der Waals surface area contributed by atoms with Crippen molar-refractivity contribution in [3.05, 3.63) is 40.8 Å². The van der Waals surface area contributed by atoms with Gasteiger partial charge in [0.25, 0.3) is 0 Å². The third kappa shape index (κ3) is 3.52. The zero-order valence-corrected chi connectivity index (χ0v) is 16.1. The molecule has 0 N–H and O–H groups in total. The third-order valence-corrected chi connectivity index (χ3v) is 5.42. The van der Waals surface area contributed by atoms with Crippen LogP contribution in [0.25, 0.3) is 21.3 Å². The lowest BCUT2D eigenvalue weighted by Gasteiger charge is -2.23. The first-order chi connectivity index (χ1) is 12.0. The van der Waals surface area contributed by atoms with Gasteiger partial charge in [-0.05, 0) is 44.9 Å². The summed E-state index contributed by atoms with van der Waals surface area (Å²) in [4.78, 5) is 14.0. The SMILES string of the molecule is CCCCN(CC)c1nc(C)nc2sc(C)c(-c3ccc(F)cc3)c12. The summed E-state index contributed by atoms with van der Waals surface area (Å²) >= 11 is 1.69. The quantitative estimate of drug-likeness (QED) is 0.563. The molecule has 2 aromatic heterocycles. The number of halogens is 1. The van der Waals surface area contributed by atoms with Gasteiger partial charge in [0.15, 0.2) is 0 Å². The number of aryl methyl sites for hydroxylation is 2. The summed E-state index contributed by atoms with van der Waals surface area (Å²) < 4.78 is 13.4. The Morgan fingerprint density at radius 3 is 2.44 bits per heavy atom. The van der Waals surface area contributed by atoms with Crippen molar-refractivity contribution in [2.45, 2.75) is 40.5 Å². The minimum Gasteiger partial charge on any atom is -0.356 e. The van der Waals surface area contributed by atoms with Gasteiger partial charge < -0.3 is 4.90 Å². The first-order valence-corrected chi connectivity index (χ1v) is 9.65. The normalized spacial score (nSPS) is 11.2. The Balaban J connectivity index is 2.24. The van der Waals surface area contributed by atoms with Crippen LogP contribution in [-0.4, -0.2) is 23.1 Å². The highest BCUT2D eigenvalue weighted by Crippen LogP contribution is 2.41. The molecule has 132 valence electrons. The van der Waals surface area contributed by atoms with Gasteiger partial charge in [-0.2, -0.15) is 0 Å². The molecule has 0 fully saturated rings. The van der Waals surface area contributed by atoms with Crippen LogP contribution in [0.5, 0.6) is 0 Å². The van der Waals surface area contributed by atoms with Gasteiger partial charge in [0, 0.05) is 23.5 Å². The zero-order chi connectivity index (χ0) is 18.0. The number of anilines is 1. The Bertz CT molecular complexity index is 871. The molecule has 0 aliphatic carbocycles. The van der Waals surface area contributed by atoms with Crippen molar-refractivity contribution in [1.82, 2.24) is 9.97 Å². The summed E-state index contributed by atoms with van der Waals surface area (Å²) in [6, 6.07) is 6.72.